The van der Waals surface area contributed by atoms with Crippen molar-refractivity contribution in [3.8, 4) is 5.75 Å². The summed E-state index contributed by atoms with van der Waals surface area (Å²) < 4.78 is 8.90. The number of aryl methyl sites for hydroxylation is 3. The van der Waals surface area contributed by atoms with E-state index in [9.17, 15) is 9.59 Å². The lowest BCUT2D eigenvalue weighted by molar-refractivity contribution is -0.121. The number of nitrogens with one attached hydrogen (secondary N) is 1. The Kier molecular flexibility index (Phi) is 6.42. The van der Waals surface area contributed by atoms with Crippen LogP contribution in [0.1, 0.15) is 43.9 Å². The van der Waals surface area contributed by atoms with Gasteiger partial charge in [0.25, 0.3) is 0 Å². The molecule has 6 nitrogen and oxygen atoms in total. The first-order valence-electron chi connectivity index (χ1n) is 10.1. The molecule has 1 unspecified atom stereocenters. The van der Waals surface area contributed by atoms with E-state index in [-0.39, 0.29) is 24.1 Å². The highest BCUT2D eigenvalue weighted by atomic mass is 16.5. The van der Waals surface area contributed by atoms with E-state index >= 15 is 0 Å². The van der Waals surface area contributed by atoms with Crippen LogP contribution in [0.2, 0.25) is 0 Å². The Labute approximate surface area is 171 Å². The number of hydrogen-bond acceptors (Lipinski definition) is 3. The summed E-state index contributed by atoms with van der Waals surface area (Å²) in [7, 11) is 1.63. The number of para-hydroxylation sites is 2. The van der Waals surface area contributed by atoms with Gasteiger partial charge in [0.2, 0.25) is 5.91 Å². The van der Waals surface area contributed by atoms with Gasteiger partial charge >= 0.3 is 5.69 Å². The molecule has 1 aromatic heterocycles. The molecule has 1 amide bonds. The first-order chi connectivity index (χ1) is 14.0. The maximum absolute atomic E-state index is 12.8. The van der Waals surface area contributed by atoms with Crippen LogP contribution in [0.3, 0.4) is 0 Å². The molecule has 0 aliphatic carbocycles. The molecule has 1 atom stereocenters. The van der Waals surface area contributed by atoms with Crippen molar-refractivity contribution in [2.45, 2.75) is 52.7 Å². The SMILES string of the molecule is CCCn1c(=O)n(CCC(=O)NC(C)c2cc(C)ccc2OC)c2ccccc21. The van der Waals surface area contributed by atoms with Gasteiger partial charge in [0.05, 0.1) is 24.2 Å². The summed E-state index contributed by atoms with van der Waals surface area (Å²) in [6, 6.07) is 13.5. The molecule has 0 aliphatic heterocycles. The summed E-state index contributed by atoms with van der Waals surface area (Å²) in [6.45, 7) is 7.01. The van der Waals surface area contributed by atoms with Crippen LogP contribution in [0, 0.1) is 6.92 Å². The van der Waals surface area contributed by atoms with Gasteiger partial charge in [-0.15, -0.1) is 0 Å². The summed E-state index contributed by atoms with van der Waals surface area (Å²) in [5, 5.41) is 3.03. The van der Waals surface area contributed by atoms with Crippen molar-refractivity contribution in [1.82, 2.24) is 14.5 Å². The molecular formula is C23H29N3O3. The maximum Gasteiger partial charge on any atom is 0.329 e. The van der Waals surface area contributed by atoms with Crippen molar-refractivity contribution >= 4 is 16.9 Å². The highest BCUT2D eigenvalue weighted by Gasteiger charge is 2.16. The minimum absolute atomic E-state index is 0.0609. The number of nitrogens with zero attached hydrogens (tertiary/aromatic N) is 2. The summed E-state index contributed by atoms with van der Waals surface area (Å²) in [5.74, 6) is 0.655. The molecule has 1 heterocycles. The van der Waals surface area contributed by atoms with Crippen molar-refractivity contribution in [3.05, 3.63) is 64.1 Å². The Morgan fingerprint density at radius 1 is 1.10 bits per heavy atom. The molecule has 0 saturated heterocycles. The van der Waals surface area contributed by atoms with Gasteiger partial charge in [-0.1, -0.05) is 36.8 Å². The second-order valence-electron chi connectivity index (χ2n) is 7.36. The van der Waals surface area contributed by atoms with Crippen molar-refractivity contribution in [2.75, 3.05) is 7.11 Å². The zero-order valence-corrected chi connectivity index (χ0v) is 17.6. The number of ether oxygens (including phenoxy) is 1. The number of carbonyl (C=O) groups excluding carboxylic acids is 1. The molecule has 0 fully saturated rings. The van der Waals surface area contributed by atoms with Gasteiger partial charge in [-0.25, -0.2) is 4.79 Å². The molecule has 154 valence electrons. The number of fused-ring (bicyclic) bond motifs is 1. The fourth-order valence-corrected chi connectivity index (χ4v) is 3.73. The number of hydrogen-bond donors (Lipinski definition) is 1. The van der Waals surface area contributed by atoms with Gasteiger partial charge in [0.1, 0.15) is 5.75 Å². The second kappa shape index (κ2) is 8.99. The number of carbonyl (C=O) groups is 1. The van der Waals surface area contributed by atoms with Gasteiger partial charge in [0, 0.05) is 25.1 Å². The maximum atomic E-state index is 12.8. The fraction of sp³-hybridized carbons (Fsp3) is 0.391. The van der Waals surface area contributed by atoms with Crippen LogP contribution < -0.4 is 15.7 Å². The molecule has 0 spiro atoms. The summed E-state index contributed by atoms with van der Waals surface area (Å²) in [4.78, 5) is 25.4. The Morgan fingerprint density at radius 2 is 1.76 bits per heavy atom. The Balaban J connectivity index is 1.74. The van der Waals surface area contributed by atoms with Crippen LogP contribution in [0.15, 0.2) is 47.3 Å². The van der Waals surface area contributed by atoms with Crippen LogP contribution in [0.25, 0.3) is 11.0 Å². The lowest BCUT2D eigenvalue weighted by Crippen LogP contribution is -2.30. The van der Waals surface area contributed by atoms with Crippen molar-refractivity contribution in [1.29, 1.82) is 0 Å². The van der Waals surface area contributed by atoms with Crippen LogP contribution >= 0.6 is 0 Å². The quantitative estimate of drug-likeness (QED) is 0.631. The number of imidazole rings is 1. The molecule has 2 aromatic carbocycles. The van der Waals surface area contributed by atoms with Crippen LogP contribution in [0.4, 0.5) is 0 Å². The monoisotopic (exact) mass is 395 g/mol. The number of rotatable bonds is 8. The average Bonchev–Trinajstić information content (AvgIpc) is 2.98. The Hall–Kier alpha value is -3.02. The standard InChI is InChI=1S/C23H29N3O3/c1-5-13-25-19-8-6-7-9-20(19)26(23(25)28)14-12-22(27)24-17(3)18-15-16(2)10-11-21(18)29-4/h6-11,15,17H,5,12-14H2,1-4H3,(H,24,27). The van der Waals surface area contributed by atoms with E-state index in [4.69, 9.17) is 4.74 Å². The van der Waals surface area contributed by atoms with E-state index in [1.165, 1.54) is 0 Å². The number of aromatic nitrogens is 2. The first-order valence-corrected chi connectivity index (χ1v) is 10.1. The van der Waals surface area contributed by atoms with E-state index < -0.39 is 0 Å². The third-order valence-electron chi connectivity index (χ3n) is 5.16. The van der Waals surface area contributed by atoms with Crippen LogP contribution in [-0.2, 0) is 17.9 Å². The van der Waals surface area contributed by atoms with Gasteiger partial charge in [-0.05, 0) is 38.5 Å². The third kappa shape index (κ3) is 4.36. The largest absolute Gasteiger partial charge is 0.496 e. The van der Waals surface area contributed by atoms with E-state index in [1.54, 1.807) is 16.2 Å². The van der Waals surface area contributed by atoms with Crippen molar-refractivity contribution in [3.63, 3.8) is 0 Å². The van der Waals surface area contributed by atoms with Gasteiger partial charge < -0.3 is 10.1 Å². The molecule has 0 aliphatic rings. The fourth-order valence-electron chi connectivity index (χ4n) is 3.73. The molecule has 3 aromatic rings. The predicted molar refractivity (Wildman–Crippen MR) is 115 cm³/mol. The molecule has 3 rings (SSSR count). The Bertz CT molecular complexity index is 1060. The summed E-state index contributed by atoms with van der Waals surface area (Å²) in [6.07, 6.45) is 1.11. The number of methoxy groups -OCH3 is 1. The highest BCUT2D eigenvalue weighted by molar-refractivity contribution is 5.78. The molecule has 6 heteroatoms. The summed E-state index contributed by atoms with van der Waals surface area (Å²) in [5.41, 5.74) is 3.77. The van der Waals surface area contributed by atoms with Crippen LogP contribution in [0.5, 0.6) is 5.75 Å². The third-order valence-corrected chi connectivity index (χ3v) is 5.16. The normalized spacial score (nSPS) is 12.1. The van der Waals surface area contributed by atoms with Crippen molar-refractivity contribution < 1.29 is 9.53 Å². The number of benzene rings is 2. The zero-order valence-electron chi connectivity index (χ0n) is 17.6. The molecular weight excluding hydrogens is 366 g/mol. The number of amides is 1. The van der Waals surface area contributed by atoms with Crippen LogP contribution in [-0.4, -0.2) is 22.2 Å². The van der Waals surface area contributed by atoms with Gasteiger partial charge in [-0.3, -0.25) is 13.9 Å². The summed E-state index contributed by atoms with van der Waals surface area (Å²) >= 11 is 0. The lowest BCUT2D eigenvalue weighted by Gasteiger charge is -2.18. The minimum Gasteiger partial charge on any atom is -0.496 e. The van der Waals surface area contributed by atoms with E-state index in [1.807, 2.05) is 63.2 Å². The molecule has 1 N–H and O–H groups in total. The molecule has 0 saturated carbocycles. The van der Waals surface area contributed by atoms with Gasteiger partial charge in [0.15, 0.2) is 0 Å². The highest BCUT2D eigenvalue weighted by Crippen LogP contribution is 2.26. The molecule has 29 heavy (non-hydrogen) atoms. The van der Waals surface area contributed by atoms with Gasteiger partial charge in [-0.2, -0.15) is 0 Å². The smallest absolute Gasteiger partial charge is 0.329 e. The lowest BCUT2D eigenvalue weighted by atomic mass is 10.0. The predicted octanol–water partition coefficient (Wildman–Crippen LogP) is 3.80. The van der Waals surface area contributed by atoms with E-state index in [2.05, 4.69) is 5.32 Å². The minimum atomic E-state index is -0.185. The topological polar surface area (TPSA) is 65.3 Å². The second-order valence-corrected chi connectivity index (χ2v) is 7.36. The first kappa shape index (κ1) is 20.7. The Morgan fingerprint density at radius 3 is 2.38 bits per heavy atom. The van der Waals surface area contributed by atoms with E-state index in [0.29, 0.717) is 13.1 Å². The van der Waals surface area contributed by atoms with Crippen molar-refractivity contribution in [2.24, 2.45) is 0 Å². The molecule has 0 bridgehead atoms. The van der Waals surface area contributed by atoms with E-state index in [0.717, 1.165) is 34.3 Å². The zero-order chi connectivity index (χ0) is 21.0. The average molecular weight is 396 g/mol. The molecule has 0 radical (unpaired) electrons.